The number of nitrogens with zero attached hydrogens (tertiary/aromatic N) is 2. The highest BCUT2D eigenvalue weighted by Crippen LogP contribution is 2.17. The van der Waals surface area contributed by atoms with Gasteiger partial charge in [0.25, 0.3) is 5.88 Å². The van der Waals surface area contributed by atoms with E-state index >= 15 is 0 Å². The van der Waals surface area contributed by atoms with E-state index in [4.69, 9.17) is 0 Å². The first-order valence-corrected chi connectivity index (χ1v) is 5.93. The second-order valence-electron chi connectivity index (χ2n) is 2.36. The van der Waals surface area contributed by atoms with Crippen molar-refractivity contribution < 1.29 is 12.6 Å². The molecular formula is C6H9BrN2O3S. The Morgan fingerprint density at radius 3 is 2.69 bits per heavy atom. The quantitative estimate of drug-likeness (QED) is 0.765. The van der Waals surface area contributed by atoms with Gasteiger partial charge < -0.3 is 4.18 Å². The lowest BCUT2D eigenvalue weighted by Gasteiger charge is -1.98. The standard InChI is InChI=1S/C6H9BrN2O3S/c1-3-13(10,11)12-6-4-5(7)9(2)8-6/h4H,3H2,1-2H3. The van der Waals surface area contributed by atoms with E-state index < -0.39 is 10.1 Å². The van der Waals surface area contributed by atoms with E-state index in [-0.39, 0.29) is 11.6 Å². The lowest BCUT2D eigenvalue weighted by molar-refractivity contribution is 0.472. The molecule has 13 heavy (non-hydrogen) atoms. The molecule has 0 radical (unpaired) electrons. The fraction of sp³-hybridized carbons (Fsp3) is 0.500. The lowest BCUT2D eigenvalue weighted by Crippen LogP contribution is -2.11. The molecule has 1 heterocycles. The number of hydrogen-bond acceptors (Lipinski definition) is 4. The van der Waals surface area contributed by atoms with Gasteiger partial charge in [-0.25, -0.2) is 0 Å². The number of aromatic nitrogens is 2. The number of rotatable bonds is 3. The van der Waals surface area contributed by atoms with Crippen LogP contribution in [0.25, 0.3) is 0 Å². The first-order valence-electron chi connectivity index (χ1n) is 3.56. The predicted octanol–water partition coefficient (Wildman–Crippen LogP) is 0.911. The molecule has 1 aromatic heterocycles. The Morgan fingerprint density at radius 2 is 2.31 bits per heavy atom. The lowest BCUT2D eigenvalue weighted by atomic mass is 10.7. The minimum absolute atomic E-state index is 0.0683. The summed E-state index contributed by atoms with van der Waals surface area (Å²) in [6, 6.07) is 1.49. The summed E-state index contributed by atoms with van der Waals surface area (Å²) in [6.45, 7) is 1.51. The third-order valence-electron chi connectivity index (χ3n) is 1.37. The van der Waals surface area contributed by atoms with E-state index in [1.807, 2.05) is 0 Å². The molecule has 0 aliphatic rings. The summed E-state index contributed by atoms with van der Waals surface area (Å²) in [5.41, 5.74) is 0. The molecule has 0 amide bonds. The number of aryl methyl sites for hydroxylation is 1. The van der Waals surface area contributed by atoms with Crippen LogP contribution in [0.1, 0.15) is 6.92 Å². The average Bonchev–Trinajstić information content (AvgIpc) is 2.30. The third-order valence-corrected chi connectivity index (χ3v) is 3.24. The predicted molar refractivity (Wildman–Crippen MR) is 51.0 cm³/mol. The maximum Gasteiger partial charge on any atom is 0.310 e. The zero-order chi connectivity index (χ0) is 10.1. The molecule has 0 spiro atoms. The van der Waals surface area contributed by atoms with Crippen molar-refractivity contribution in [2.75, 3.05) is 5.75 Å². The Balaban J connectivity index is 2.87. The van der Waals surface area contributed by atoms with Gasteiger partial charge >= 0.3 is 10.1 Å². The van der Waals surface area contributed by atoms with Gasteiger partial charge in [-0.15, -0.1) is 5.10 Å². The Hall–Kier alpha value is -0.560. The van der Waals surface area contributed by atoms with E-state index in [1.165, 1.54) is 17.7 Å². The van der Waals surface area contributed by atoms with Crippen LogP contribution in [-0.2, 0) is 17.2 Å². The van der Waals surface area contributed by atoms with Gasteiger partial charge in [-0.1, -0.05) is 0 Å². The average molecular weight is 269 g/mol. The minimum Gasteiger partial charge on any atom is -0.360 e. The van der Waals surface area contributed by atoms with Crippen molar-refractivity contribution in [1.82, 2.24) is 9.78 Å². The minimum atomic E-state index is -3.47. The zero-order valence-electron chi connectivity index (χ0n) is 7.19. The summed E-state index contributed by atoms with van der Waals surface area (Å²) >= 11 is 3.17. The van der Waals surface area contributed by atoms with Crippen molar-refractivity contribution in [1.29, 1.82) is 0 Å². The van der Waals surface area contributed by atoms with Gasteiger partial charge in [-0.05, 0) is 22.9 Å². The smallest absolute Gasteiger partial charge is 0.310 e. The monoisotopic (exact) mass is 268 g/mol. The molecule has 74 valence electrons. The molecule has 0 bridgehead atoms. The SMILES string of the molecule is CCS(=O)(=O)Oc1cc(Br)n(C)n1. The highest BCUT2D eigenvalue weighted by Gasteiger charge is 2.12. The summed E-state index contributed by atoms with van der Waals surface area (Å²) in [7, 11) is -1.80. The Kier molecular flexibility index (Phi) is 2.97. The maximum absolute atomic E-state index is 11.0. The molecule has 0 aromatic carbocycles. The topological polar surface area (TPSA) is 61.2 Å². The van der Waals surface area contributed by atoms with Gasteiger partial charge in [0.15, 0.2) is 0 Å². The Labute approximate surface area is 84.9 Å². The molecule has 7 heteroatoms. The van der Waals surface area contributed by atoms with Crippen LogP contribution in [-0.4, -0.2) is 24.0 Å². The van der Waals surface area contributed by atoms with E-state index in [0.717, 1.165) is 0 Å². The second kappa shape index (κ2) is 3.67. The van der Waals surface area contributed by atoms with Gasteiger partial charge in [-0.2, -0.15) is 8.42 Å². The first kappa shape index (κ1) is 10.5. The van der Waals surface area contributed by atoms with Gasteiger partial charge in [0, 0.05) is 13.1 Å². The van der Waals surface area contributed by atoms with Crippen molar-refractivity contribution in [3.05, 3.63) is 10.7 Å². The molecule has 5 nitrogen and oxygen atoms in total. The van der Waals surface area contributed by atoms with Gasteiger partial charge in [0.2, 0.25) is 0 Å². The van der Waals surface area contributed by atoms with Crippen molar-refractivity contribution in [2.24, 2.45) is 7.05 Å². The van der Waals surface area contributed by atoms with Crippen molar-refractivity contribution in [3.8, 4) is 5.88 Å². The Bertz CT molecular complexity index is 379. The molecule has 0 atom stereocenters. The van der Waals surface area contributed by atoms with Crippen LogP contribution in [0.2, 0.25) is 0 Å². The van der Waals surface area contributed by atoms with Crippen LogP contribution >= 0.6 is 15.9 Å². The van der Waals surface area contributed by atoms with E-state index in [2.05, 4.69) is 25.2 Å². The van der Waals surface area contributed by atoms with Gasteiger partial charge in [0.1, 0.15) is 4.60 Å². The van der Waals surface area contributed by atoms with Crippen LogP contribution in [0.15, 0.2) is 10.7 Å². The molecule has 0 N–H and O–H groups in total. The summed E-state index contributed by atoms with van der Waals surface area (Å²) in [6.07, 6.45) is 0. The van der Waals surface area contributed by atoms with Crippen LogP contribution in [0.3, 0.4) is 0 Å². The fourth-order valence-corrected chi connectivity index (χ4v) is 1.38. The molecule has 0 fully saturated rings. The van der Waals surface area contributed by atoms with Crippen LogP contribution in [0.5, 0.6) is 5.88 Å². The molecule has 0 aliphatic carbocycles. The largest absolute Gasteiger partial charge is 0.360 e. The third kappa shape index (κ3) is 2.70. The maximum atomic E-state index is 11.0. The molecule has 1 rings (SSSR count). The molecule has 0 unspecified atom stereocenters. The highest BCUT2D eigenvalue weighted by molar-refractivity contribution is 9.10. The molecule has 1 aromatic rings. The van der Waals surface area contributed by atoms with Gasteiger partial charge in [-0.3, -0.25) is 4.68 Å². The summed E-state index contributed by atoms with van der Waals surface area (Å²) in [5.74, 6) is 0.0116. The molecular weight excluding hydrogens is 260 g/mol. The number of halogens is 1. The highest BCUT2D eigenvalue weighted by atomic mass is 79.9. The summed E-state index contributed by atoms with van der Waals surface area (Å²) in [5, 5.41) is 3.81. The summed E-state index contributed by atoms with van der Waals surface area (Å²) < 4.78 is 28.8. The molecule has 0 aliphatic heterocycles. The van der Waals surface area contributed by atoms with E-state index in [9.17, 15) is 8.42 Å². The van der Waals surface area contributed by atoms with Crippen LogP contribution in [0.4, 0.5) is 0 Å². The second-order valence-corrected chi connectivity index (χ2v) is 5.03. The van der Waals surface area contributed by atoms with E-state index in [1.54, 1.807) is 7.05 Å². The van der Waals surface area contributed by atoms with Crippen LogP contribution < -0.4 is 4.18 Å². The zero-order valence-corrected chi connectivity index (χ0v) is 9.59. The molecule has 0 saturated heterocycles. The fourth-order valence-electron chi connectivity index (χ4n) is 0.650. The van der Waals surface area contributed by atoms with Crippen molar-refractivity contribution in [3.63, 3.8) is 0 Å². The van der Waals surface area contributed by atoms with E-state index in [0.29, 0.717) is 4.60 Å². The normalized spacial score (nSPS) is 11.6. The Morgan fingerprint density at radius 1 is 1.69 bits per heavy atom. The number of hydrogen-bond donors (Lipinski definition) is 0. The van der Waals surface area contributed by atoms with Crippen molar-refractivity contribution in [2.45, 2.75) is 6.92 Å². The van der Waals surface area contributed by atoms with Crippen LogP contribution in [0, 0.1) is 0 Å². The van der Waals surface area contributed by atoms with Crippen molar-refractivity contribution >= 4 is 26.0 Å². The summed E-state index contributed by atoms with van der Waals surface area (Å²) in [4.78, 5) is 0. The van der Waals surface area contributed by atoms with Gasteiger partial charge in [0.05, 0.1) is 5.75 Å². The first-order chi connectivity index (χ1) is 5.94. The molecule has 0 saturated carbocycles.